The minimum atomic E-state index is -0.131. The molecule has 2 rings (SSSR count). The molecule has 1 aromatic carbocycles. The predicted octanol–water partition coefficient (Wildman–Crippen LogP) is 1.80. The molecule has 0 saturated carbocycles. The van der Waals surface area contributed by atoms with Gasteiger partial charge in [0.1, 0.15) is 5.88 Å². The van der Waals surface area contributed by atoms with Crippen LogP contribution in [0.1, 0.15) is 18.5 Å². The van der Waals surface area contributed by atoms with Gasteiger partial charge in [-0.2, -0.15) is 0 Å². The van der Waals surface area contributed by atoms with Gasteiger partial charge in [-0.1, -0.05) is 30.3 Å². The minimum absolute atomic E-state index is 0.00162. The maximum atomic E-state index is 11.6. The standard InChI is InChI=1S/C15H21ClN2O2/c1-12(17-14(19)11-16)15(13-5-3-2-4-6-13)18-7-9-20-10-8-18/h2-6,12,15H,7-11H2,1H3,(H,17,19). The third-order valence-electron chi connectivity index (χ3n) is 3.56. The zero-order valence-electron chi connectivity index (χ0n) is 11.7. The highest BCUT2D eigenvalue weighted by Crippen LogP contribution is 2.25. The second kappa shape index (κ2) is 7.62. The highest BCUT2D eigenvalue weighted by Gasteiger charge is 2.28. The van der Waals surface area contributed by atoms with Gasteiger partial charge in [0, 0.05) is 19.1 Å². The van der Waals surface area contributed by atoms with E-state index in [4.69, 9.17) is 16.3 Å². The maximum Gasteiger partial charge on any atom is 0.235 e. The van der Waals surface area contributed by atoms with E-state index < -0.39 is 0 Å². The van der Waals surface area contributed by atoms with Gasteiger partial charge in [-0.3, -0.25) is 9.69 Å². The van der Waals surface area contributed by atoms with E-state index in [1.807, 2.05) is 25.1 Å². The smallest absolute Gasteiger partial charge is 0.235 e. The number of hydrogen-bond donors (Lipinski definition) is 1. The van der Waals surface area contributed by atoms with Crippen LogP contribution in [-0.4, -0.2) is 49.0 Å². The number of alkyl halides is 1. The molecule has 1 aromatic rings. The lowest BCUT2D eigenvalue weighted by Gasteiger charge is -2.38. The van der Waals surface area contributed by atoms with Crippen LogP contribution in [0.2, 0.25) is 0 Å². The van der Waals surface area contributed by atoms with Gasteiger partial charge in [0.2, 0.25) is 5.91 Å². The van der Waals surface area contributed by atoms with Gasteiger partial charge in [-0.05, 0) is 12.5 Å². The summed E-state index contributed by atoms with van der Waals surface area (Å²) in [5.41, 5.74) is 1.21. The fourth-order valence-corrected chi connectivity index (χ4v) is 2.77. The molecule has 110 valence electrons. The molecule has 0 aromatic heterocycles. The summed E-state index contributed by atoms with van der Waals surface area (Å²) in [6.07, 6.45) is 0. The Bertz CT molecular complexity index is 421. The molecule has 5 heteroatoms. The molecule has 1 amide bonds. The number of hydrogen-bond acceptors (Lipinski definition) is 3. The molecule has 1 aliphatic heterocycles. The first-order valence-electron chi connectivity index (χ1n) is 6.94. The van der Waals surface area contributed by atoms with Crippen LogP contribution in [0, 0.1) is 0 Å². The van der Waals surface area contributed by atoms with Gasteiger partial charge in [0.25, 0.3) is 0 Å². The SMILES string of the molecule is CC(NC(=O)CCl)C(c1ccccc1)N1CCOCC1. The van der Waals surface area contributed by atoms with Crippen LogP contribution in [0.15, 0.2) is 30.3 Å². The lowest BCUT2D eigenvalue weighted by atomic mass is 9.98. The zero-order chi connectivity index (χ0) is 14.4. The van der Waals surface area contributed by atoms with E-state index in [0.29, 0.717) is 0 Å². The van der Waals surface area contributed by atoms with Crippen molar-refractivity contribution < 1.29 is 9.53 Å². The molecule has 2 unspecified atom stereocenters. The molecule has 0 spiro atoms. The van der Waals surface area contributed by atoms with Crippen LogP contribution < -0.4 is 5.32 Å². The number of morpholine rings is 1. The van der Waals surface area contributed by atoms with Crippen molar-refractivity contribution in [3.05, 3.63) is 35.9 Å². The summed E-state index contributed by atoms with van der Waals surface area (Å²) in [5, 5.41) is 2.97. The number of rotatable bonds is 5. The lowest BCUT2D eigenvalue weighted by molar-refractivity contribution is -0.119. The molecular formula is C15H21ClN2O2. The van der Waals surface area contributed by atoms with Crippen molar-refractivity contribution in [3.8, 4) is 0 Å². The van der Waals surface area contributed by atoms with Crippen molar-refractivity contribution in [1.29, 1.82) is 0 Å². The van der Waals surface area contributed by atoms with Gasteiger partial charge >= 0.3 is 0 Å². The number of carbonyl (C=O) groups excluding carboxylic acids is 1. The molecule has 0 radical (unpaired) electrons. The van der Waals surface area contributed by atoms with E-state index in [-0.39, 0.29) is 23.9 Å². The Morgan fingerprint density at radius 3 is 2.60 bits per heavy atom. The lowest BCUT2D eigenvalue weighted by Crippen LogP contribution is -2.48. The Hall–Kier alpha value is -1.10. The van der Waals surface area contributed by atoms with Crippen LogP contribution >= 0.6 is 11.6 Å². The van der Waals surface area contributed by atoms with Gasteiger partial charge in [-0.15, -0.1) is 11.6 Å². The van der Waals surface area contributed by atoms with E-state index in [9.17, 15) is 4.79 Å². The Kier molecular flexibility index (Phi) is 5.83. The molecule has 20 heavy (non-hydrogen) atoms. The van der Waals surface area contributed by atoms with E-state index >= 15 is 0 Å². The molecule has 2 atom stereocenters. The Morgan fingerprint density at radius 2 is 2.00 bits per heavy atom. The molecule has 1 heterocycles. The summed E-state index contributed by atoms with van der Waals surface area (Å²) in [7, 11) is 0. The third kappa shape index (κ3) is 3.95. The average Bonchev–Trinajstić information content (AvgIpc) is 2.49. The number of nitrogens with one attached hydrogen (secondary N) is 1. The summed E-state index contributed by atoms with van der Waals surface area (Å²) >= 11 is 5.59. The van der Waals surface area contributed by atoms with E-state index in [1.54, 1.807) is 0 Å². The molecule has 0 bridgehead atoms. The average molecular weight is 297 g/mol. The summed E-state index contributed by atoms with van der Waals surface area (Å²) in [6.45, 7) is 5.25. The third-order valence-corrected chi connectivity index (χ3v) is 3.81. The number of nitrogens with zero attached hydrogens (tertiary/aromatic N) is 1. The topological polar surface area (TPSA) is 41.6 Å². The second-order valence-electron chi connectivity index (χ2n) is 4.99. The first kappa shape index (κ1) is 15.3. The molecule has 1 aliphatic rings. The van der Waals surface area contributed by atoms with Gasteiger partial charge in [-0.25, -0.2) is 0 Å². The molecule has 1 fully saturated rings. The van der Waals surface area contributed by atoms with Crippen LogP contribution in [-0.2, 0) is 9.53 Å². The monoisotopic (exact) mass is 296 g/mol. The quantitative estimate of drug-likeness (QED) is 0.843. The van der Waals surface area contributed by atoms with E-state index in [1.165, 1.54) is 5.56 Å². The largest absolute Gasteiger partial charge is 0.379 e. The summed E-state index contributed by atoms with van der Waals surface area (Å²) < 4.78 is 5.42. The van der Waals surface area contributed by atoms with Crippen molar-refractivity contribution in [2.75, 3.05) is 32.2 Å². The number of amides is 1. The predicted molar refractivity (Wildman–Crippen MR) is 79.9 cm³/mol. The van der Waals surface area contributed by atoms with Gasteiger partial charge in [0.15, 0.2) is 0 Å². The zero-order valence-corrected chi connectivity index (χ0v) is 12.5. The Morgan fingerprint density at radius 1 is 1.35 bits per heavy atom. The molecule has 1 saturated heterocycles. The fourth-order valence-electron chi connectivity index (χ4n) is 2.69. The normalized spacial score (nSPS) is 19.3. The van der Waals surface area contributed by atoms with Crippen LogP contribution in [0.25, 0.3) is 0 Å². The summed E-state index contributed by atoms with van der Waals surface area (Å²) in [4.78, 5) is 13.9. The first-order valence-corrected chi connectivity index (χ1v) is 7.48. The van der Waals surface area contributed by atoms with Gasteiger partial charge < -0.3 is 10.1 Å². The highest BCUT2D eigenvalue weighted by molar-refractivity contribution is 6.27. The Balaban J connectivity index is 2.17. The van der Waals surface area contributed by atoms with Crippen molar-refractivity contribution in [2.45, 2.75) is 19.0 Å². The van der Waals surface area contributed by atoms with Crippen LogP contribution in [0.5, 0.6) is 0 Å². The molecule has 0 aliphatic carbocycles. The van der Waals surface area contributed by atoms with Crippen molar-refractivity contribution >= 4 is 17.5 Å². The first-order chi connectivity index (χ1) is 9.72. The molecule has 1 N–H and O–H groups in total. The molecular weight excluding hydrogens is 276 g/mol. The number of carbonyl (C=O) groups is 1. The van der Waals surface area contributed by atoms with E-state index in [0.717, 1.165) is 26.3 Å². The van der Waals surface area contributed by atoms with Crippen LogP contribution in [0.3, 0.4) is 0 Å². The Labute approximate surface area is 125 Å². The van der Waals surface area contributed by atoms with Crippen LogP contribution in [0.4, 0.5) is 0 Å². The van der Waals surface area contributed by atoms with Crippen molar-refractivity contribution in [3.63, 3.8) is 0 Å². The van der Waals surface area contributed by atoms with Crippen molar-refractivity contribution in [2.24, 2.45) is 0 Å². The maximum absolute atomic E-state index is 11.6. The van der Waals surface area contributed by atoms with E-state index in [2.05, 4.69) is 22.3 Å². The summed E-state index contributed by atoms with van der Waals surface area (Å²) in [6, 6.07) is 10.4. The summed E-state index contributed by atoms with van der Waals surface area (Å²) in [5.74, 6) is -0.136. The van der Waals surface area contributed by atoms with Gasteiger partial charge in [0.05, 0.1) is 19.3 Å². The minimum Gasteiger partial charge on any atom is -0.379 e. The number of ether oxygens (including phenoxy) is 1. The molecule has 4 nitrogen and oxygen atoms in total. The van der Waals surface area contributed by atoms with Crippen molar-refractivity contribution in [1.82, 2.24) is 10.2 Å². The number of halogens is 1. The second-order valence-corrected chi connectivity index (χ2v) is 5.26. The highest BCUT2D eigenvalue weighted by atomic mass is 35.5. The fraction of sp³-hybridized carbons (Fsp3) is 0.533. The number of benzene rings is 1.